The maximum atomic E-state index is 12.4. The highest BCUT2D eigenvalue weighted by Gasteiger charge is 2.58. The van der Waals surface area contributed by atoms with Gasteiger partial charge in [-0.3, -0.25) is 0 Å². The average molecular weight is 327 g/mol. The van der Waals surface area contributed by atoms with E-state index in [4.69, 9.17) is 4.74 Å². The number of rotatable bonds is 3. The van der Waals surface area contributed by atoms with Crippen molar-refractivity contribution in [1.82, 2.24) is 0 Å². The van der Waals surface area contributed by atoms with Crippen molar-refractivity contribution in [3.05, 3.63) is 0 Å². The van der Waals surface area contributed by atoms with Crippen LogP contribution >= 0.6 is 15.9 Å². The molecule has 104 valence electrons. The van der Waals surface area contributed by atoms with Gasteiger partial charge in [-0.15, -0.1) is 0 Å². The predicted molar refractivity (Wildman–Crippen MR) is 65.6 cm³/mol. The molecule has 0 aromatic carbocycles. The zero-order chi connectivity index (χ0) is 13.0. The van der Waals surface area contributed by atoms with Crippen LogP contribution in [-0.4, -0.2) is 23.7 Å². The second kappa shape index (κ2) is 4.11. The molecule has 1 nitrogen and oxygen atoms in total. The molecule has 0 aliphatic heterocycles. The van der Waals surface area contributed by atoms with Crippen LogP contribution in [0.1, 0.15) is 38.5 Å². The van der Waals surface area contributed by atoms with E-state index in [1.807, 2.05) is 0 Å². The van der Waals surface area contributed by atoms with Gasteiger partial charge in [0.25, 0.3) is 0 Å². The molecule has 4 aliphatic carbocycles. The summed E-state index contributed by atoms with van der Waals surface area (Å²) in [6.45, 7) is -1.08. The van der Waals surface area contributed by atoms with Crippen LogP contribution in [0.3, 0.4) is 0 Å². The summed E-state index contributed by atoms with van der Waals surface area (Å²) < 4.78 is 42.5. The van der Waals surface area contributed by atoms with Gasteiger partial charge in [-0.1, -0.05) is 15.9 Å². The zero-order valence-corrected chi connectivity index (χ0v) is 11.8. The fourth-order valence-corrected chi connectivity index (χ4v) is 5.58. The lowest BCUT2D eigenvalue weighted by atomic mass is 9.48. The minimum Gasteiger partial charge on any atom is -0.366 e. The molecule has 0 amide bonds. The first-order valence-electron chi connectivity index (χ1n) is 6.60. The maximum absolute atomic E-state index is 12.4. The quantitative estimate of drug-likeness (QED) is 0.702. The lowest BCUT2D eigenvalue weighted by Crippen LogP contribution is -2.58. The molecule has 0 aromatic rings. The van der Waals surface area contributed by atoms with E-state index < -0.39 is 18.4 Å². The Morgan fingerprint density at radius 2 is 1.72 bits per heavy atom. The van der Waals surface area contributed by atoms with E-state index >= 15 is 0 Å². The molecular formula is C13H18BrF3O. The number of hydrogen-bond acceptors (Lipinski definition) is 1. The average Bonchev–Trinajstić information content (AvgIpc) is 2.24. The van der Waals surface area contributed by atoms with Crippen molar-refractivity contribution < 1.29 is 17.9 Å². The molecule has 4 saturated carbocycles. The molecule has 0 aromatic heterocycles. The summed E-state index contributed by atoms with van der Waals surface area (Å²) in [7, 11) is 0. The lowest BCUT2D eigenvalue weighted by molar-refractivity contribution is -0.246. The van der Waals surface area contributed by atoms with E-state index in [1.165, 1.54) is 19.3 Å². The Hall–Kier alpha value is 0.230. The van der Waals surface area contributed by atoms with Crippen molar-refractivity contribution in [2.24, 2.45) is 17.3 Å². The smallest absolute Gasteiger partial charge is 0.366 e. The van der Waals surface area contributed by atoms with Gasteiger partial charge in [0, 0.05) is 5.33 Å². The molecule has 0 saturated heterocycles. The minimum atomic E-state index is -4.20. The van der Waals surface area contributed by atoms with Gasteiger partial charge in [-0.25, -0.2) is 0 Å². The second-order valence-corrected chi connectivity index (χ2v) is 7.24. The van der Waals surface area contributed by atoms with E-state index in [9.17, 15) is 13.2 Å². The van der Waals surface area contributed by atoms with Gasteiger partial charge < -0.3 is 4.74 Å². The molecular weight excluding hydrogens is 309 g/mol. The predicted octanol–water partition coefficient (Wildman–Crippen LogP) is 4.30. The summed E-state index contributed by atoms with van der Waals surface area (Å²) in [6.07, 6.45) is 1.84. The molecule has 2 unspecified atom stereocenters. The summed E-state index contributed by atoms with van der Waals surface area (Å²) in [5.74, 6) is 1.16. The fourth-order valence-electron chi connectivity index (χ4n) is 4.92. The Kier molecular flexibility index (Phi) is 3.02. The Balaban J connectivity index is 1.76. The third-order valence-corrected chi connectivity index (χ3v) is 6.14. The lowest BCUT2D eigenvalue weighted by Gasteiger charge is -2.61. The van der Waals surface area contributed by atoms with Crippen LogP contribution < -0.4 is 0 Å². The van der Waals surface area contributed by atoms with Gasteiger partial charge in [-0.05, 0) is 55.8 Å². The normalized spacial score (nSPS) is 46.7. The van der Waals surface area contributed by atoms with E-state index in [0.29, 0.717) is 11.8 Å². The van der Waals surface area contributed by atoms with Crippen molar-refractivity contribution in [3.8, 4) is 0 Å². The second-order valence-electron chi connectivity index (χ2n) is 6.68. The highest BCUT2D eigenvalue weighted by atomic mass is 79.9. The largest absolute Gasteiger partial charge is 0.411 e. The minimum absolute atomic E-state index is 0.204. The molecule has 0 N–H and O–H groups in total. The topological polar surface area (TPSA) is 9.23 Å². The van der Waals surface area contributed by atoms with Crippen LogP contribution in [0.2, 0.25) is 0 Å². The molecule has 4 aliphatic rings. The Morgan fingerprint density at radius 1 is 1.11 bits per heavy atom. The first-order valence-corrected chi connectivity index (χ1v) is 7.73. The molecule has 0 radical (unpaired) electrons. The molecule has 0 heterocycles. The number of halogens is 4. The first-order chi connectivity index (χ1) is 8.34. The van der Waals surface area contributed by atoms with Crippen molar-refractivity contribution >= 4 is 15.9 Å². The maximum Gasteiger partial charge on any atom is 0.411 e. The monoisotopic (exact) mass is 326 g/mol. The Bertz CT molecular complexity index is 328. The van der Waals surface area contributed by atoms with E-state index in [0.717, 1.165) is 24.6 Å². The van der Waals surface area contributed by atoms with Crippen molar-refractivity contribution in [2.75, 3.05) is 11.9 Å². The van der Waals surface area contributed by atoms with E-state index in [1.54, 1.807) is 0 Å². The van der Waals surface area contributed by atoms with Crippen LogP contribution in [0.4, 0.5) is 13.2 Å². The van der Waals surface area contributed by atoms with Gasteiger partial charge in [0.05, 0.1) is 5.60 Å². The highest BCUT2D eigenvalue weighted by Crippen LogP contribution is 2.63. The number of ether oxygens (including phenoxy) is 1. The molecule has 4 bridgehead atoms. The number of hydrogen-bond donors (Lipinski definition) is 0. The fraction of sp³-hybridized carbons (Fsp3) is 1.00. The molecule has 2 atom stereocenters. The molecule has 5 heteroatoms. The SMILES string of the molecule is FC(F)(F)COC12CC3CC(CC(CBr)(C3)C1)C2. The standard InChI is InChI=1S/C13H18BrF3O/c14-7-11-2-9-1-10(3-11)5-12(4-9,6-11)18-8-13(15,16)17/h9-10H,1-8H2. The molecule has 0 spiro atoms. The third kappa shape index (κ3) is 2.33. The Labute approximate surface area is 114 Å². The molecule has 4 rings (SSSR count). The summed E-state index contributed by atoms with van der Waals surface area (Å²) in [5, 5.41) is 0.907. The van der Waals surface area contributed by atoms with E-state index in [2.05, 4.69) is 15.9 Å². The zero-order valence-electron chi connectivity index (χ0n) is 10.2. The van der Waals surface area contributed by atoms with Crippen molar-refractivity contribution in [3.63, 3.8) is 0 Å². The summed E-state index contributed by atoms with van der Waals surface area (Å²) >= 11 is 3.57. The number of alkyl halides is 4. The summed E-state index contributed by atoms with van der Waals surface area (Å²) in [4.78, 5) is 0. The van der Waals surface area contributed by atoms with Crippen LogP contribution in [0.5, 0.6) is 0 Å². The van der Waals surface area contributed by atoms with Crippen molar-refractivity contribution in [2.45, 2.75) is 50.3 Å². The highest BCUT2D eigenvalue weighted by molar-refractivity contribution is 9.09. The summed E-state index contributed by atoms with van der Waals surface area (Å²) in [6, 6.07) is 0. The Morgan fingerprint density at radius 3 is 2.22 bits per heavy atom. The van der Waals surface area contributed by atoms with Crippen LogP contribution in [0.15, 0.2) is 0 Å². The van der Waals surface area contributed by atoms with E-state index in [-0.39, 0.29) is 5.41 Å². The molecule has 18 heavy (non-hydrogen) atoms. The van der Waals surface area contributed by atoms with Crippen LogP contribution in [-0.2, 0) is 4.74 Å². The van der Waals surface area contributed by atoms with Crippen LogP contribution in [0, 0.1) is 17.3 Å². The van der Waals surface area contributed by atoms with Crippen molar-refractivity contribution in [1.29, 1.82) is 0 Å². The van der Waals surface area contributed by atoms with Gasteiger partial charge in [-0.2, -0.15) is 13.2 Å². The van der Waals surface area contributed by atoms with Gasteiger partial charge in [0.15, 0.2) is 0 Å². The van der Waals surface area contributed by atoms with Gasteiger partial charge >= 0.3 is 6.18 Å². The summed E-state index contributed by atoms with van der Waals surface area (Å²) in [5.41, 5.74) is -0.275. The first kappa shape index (κ1) is 13.2. The third-order valence-electron chi connectivity index (χ3n) is 4.95. The molecule has 4 fully saturated rings. The van der Waals surface area contributed by atoms with Gasteiger partial charge in [0.2, 0.25) is 0 Å². The van der Waals surface area contributed by atoms with Crippen LogP contribution in [0.25, 0.3) is 0 Å². The van der Waals surface area contributed by atoms with Gasteiger partial charge in [0.1, 0.15) is 6.61 Å².